The van der Waals surface area contributed by atoms with Crippen molar-refractivity contribution in [1.29, 1.82) is 0 Å². The van der Waals surface area contributed by atoms with Crippen LogP contribution in [0.2, 0.25) is 0 Å². The van der Waals surface area contributed by atoms with E-state index in [-0.39, 0.29) is 12.2 Å². The monoisotopic (exact) mass is 178 g/mol. The maximum atomic E-state index is 10.9. The van der Waals surface area contributed by atoms with Crippen molar-refractivity contribution in [2.75, 3.05) is 7.11 Å². The number of halogens is 1. The van der Waals surface area contributed by atoms with E-state index in [0.29, 0.717) is 0 Å². The van der Waals surface area contributed by atoms with Crippen LogP contribution < -0.4 is 0 Å². The second-order valence-electron chi connectivity index (χ2n) is 2.20. The van der Waals surface area contributed by atoms with Gasteiger partial charge in [-0.1, -0.05) is 18.5 Å². The van der Waals surface area contributed by atoms with Crippen LogP contribution in [0.5, 0.6) is 0 Å². The average Bonchev–Trinajstić information content (AvgIpc) is 2.01. The van der Waals surface area contributed by atoms with Crippen LogP contribution in [0.4, 0.5) is 0 Å². The third-order valence-electron chi connectivity index (χ3n) is 1.55. The Morgan fingerprint density at radius 1 is 1.55 bits per heavy atom. The lowest BCUT2D eigenvalue weighted by Crippen LogP contribution is -2.39. The fourth-order valence-electron chi connectivity index (χ4n) is 0.699. The van der Waals surface area contributed by atoms with Gasteiger partial charge in [0.1, 0.15) is 0 Å². The van der Waals surface area contributed by atoms with E-state index >= 15 is 0 Å². The summed E-state index contributed by atoms with van der Waals surface area (Å²) in [6, 6.07) is 0. The number of hydrogen-bond donors (Lipinski definition) is 0. The zero-order valence-electron chi connectivity index (χ0n) is 6.81. The van der Waals surface area contributed by atoms with Gasteiger partial charge < -0.3 is 4.74 Å². The second kappa shape index (κ2) is 3.72. The molecule has 3 nitrogen and oxygen atoms in total. The van der Waals surface area contributed by atoms with Crippen LogP contribution in [0, 0.1) is 0 Å². The summed E-state index contributed by atoms with van der Waals surface area (Å²) in [6.07, 6.45) is 0.247. The molecule has 1 unspecified atom stereocenters. The smallest absolute Gasteiger partial charge is 0.334 e. The van der Waals surface area contributed by atoms with E-state index in [9.17, 15) is 9.59 Å². The number of hydrogen-bond acceptors (Lipinski definition) is 3. The lowest BCUT2D eigenvalue weighted by Gasteiger charge is -2.18. The van der Waals surface area contributed by atoms with Crippen LogP contribution in [0.3, 0.4) is 0 Å². The molecule has 0 aliphatic heterocycles. The van der Waals surface area contributed by atoms with Gasteiger partial charge in [0.15, 0.2) is 10.7 Å². The van der Waals surface area contributed by atoms with Crippen LogP contribution in [0.1, 0.15) is 20.3 Å². The van der Waals surface area contributed by atoms with E-state index in [1.165, 1.54) is 14.0 Å². The van der Waals surface area contributed by atoms with Crippen molar-refractivity contribution in [2.45, 2.75) is 25.1 Å². The zero-order valence-corrected chi connectivity index (χ0v) is 7.57. The molecule has 0 saturated carbocycles. The molecule has 0 radical (unpaired) electrons. The van der Waals surface area contributed by atoms with Crippen molar-refractivity contribution in [3.8, 4) is 0 Å². The van der Waals surface area contributed by atoms with Crippen LogP contribution in [0.15, 0.2) is 0 Å². The Hall–Kier alpha value is -0.570. The second-order valence-corrected chi connectivity index (χ2v) is 2.85. The molecule has 0 aliphatic rings. The van der Waals surface area contributed by atoms with Crippen LogP contribution >= 0.6 is 11.6 Å². The molecule has 0 heterocycles. The summed E-state index contributed by atoms with van der Waals surface area (Å²) >= 11 is 5.69. The molecular formula is C7H11ClO3. The van der Waals surface area contributed by atoms with Gasteiger partial charge in [0.25, 0.3) is 0 Å². The number of carbonyl (C=O) groups excluding carboxylic acids is 2. The Morgan fingerprint density at radius 3 is 2.09 bits per heavy atom. The fourth-order valence-corrected chi connectivity index (χ4v) is 0.776. The van der Waals surface area contributed by atoms with Gasteiger partial charge >= 0.3 is 5.97 Å². The van der Waals surface area contributed by atoms with Gasteiger partial charge in [0.05, 0.1) is 7.11 Å². The minimum atomic E-state index is -1.48. The Morgan fingerprint density at radius 2 is 2.00 bits per heavy atom. The number of ether oxygens (including phenoxy) is 1. The summed E-state index contributed by atoms with van der Waals surface area (Å²) in [5.74, 6) is -1.07. The molecule has 0 spiro atoms. The molecule has 0 aliphatic carbocycles. The van der Waals surface area contributed by atoms with E-state index in [4.69, 9.17) is 11.6 Å². The van der Waals surface area contributed by atoms with E-state index in [0.717, 1.165) is 0 Å². The predicted molar refractivity (Wildman–Crippen MR) is 41.6 cm³/mol. The zero-order chi connectivity index (χ0) is 9.07. The van der Waals surface area contributed by atoms with Gasteiger partial charge in [0.2, 0.25) is 0 Å². The highest BCUT2D eigenvalue weighted by Crippen LogP contribution is 2.22. The van der Waals surface area contributed by atoms with E-state index in [1.807, 2.05) is 0 Å². The SMILES string of the molecule is CCC(Cl)(C(C)=O)C(=O)OC. The number of methoxy groups -OCH3 is 1. The van der Waals surface area contributed by atoms with Crippen LogP contribution in [0.25, 0.3) is 0 Å². The van der Waals surface area contributed by atoms with Gasteiger partial charge in [-0.3, -0.25) is 4.79 Å². The minimum Gasteiger partial charge on any atom is -0.467 e. The standard InChI is InChI=1S/C7H11ClO3/c1-4-7(8,5(2)9)6(10)11-3/h4H2,1-3H3. The molecule has 4 heteroatoms. The molecule has 0 aromatic rings. The molecule has 0 amide bonds. The highest BCUT2D eigenvalue weighted by Gasteiger charge is 2.40. The van der Waals surface area contributed by atoms with Gasteiger partial charge in [-0.25, -0.2) is 4.79 Å². The minimum absolute atomic E-state index is 0.247. The topological polar surface area (TPSA) is 43.4 Å². The lowest BCUT2D eigenvalue weighted by molar-refractivity contribution is -0.147. The fraction of sp³-hybridized carbons (Fsp3) is 0.714. The maximum absolute atomic E-state index is 10.9. The quantitative estimate of drug-likeness (QED) is 0.370. The van der Waals surface area contributed by atoms with Crippen molar-refractivity contribution in [2.24, 2.45) is 0 Å². The summed E-state index contributed by atoms with van der Waals surface area (Å²) in [5, 5.41) is 0. The molecule has 64 valence electrons. The molecule has 11 heavy (non-hydrogen) atoms. The Balaban J connectivity index is 4.59. The third kappa shape index (κ3) is 1.93. The number of ketones is 1. The van der Waals surface area contributed by atoms with E-state index in [2.05, 4.69) is 4.74 Å². The molecule has 0 bridgehead atoms. The van der Waals surface area contributed by atoms with Gasteiger partial charge in [-0.15, -0.1) is 0 Å². The first kappa shape index (κ1) is 10.4. The molecule has 0 aromatic carbocycles. The Labute approximate surface area is 70.7 Å². The molecule has 0 saturated heterocycles. The molecule has 0 N–H and O–H groups in total. The van der Waals surface area contributed by atoms with Gasteiger partial charge in [-0.05, 0) is 13.3 Å². The predicted octanol–water partition coefficient (Wildman–Crippen LogP) is 1.14. The summed E-state index contributed by atoms with van der Waals surface area (Å²) in [7, 11) is 1.21. The van der Waals surface area contributed by atoms with Crippen molar-refractivity contribution < 1.29 is 14.3 Å². The molecular weight excluding hydrogens is 168 g/mol. The maximum Gasteiger partial charge on any atom is 0.334 e. The van der Waals surface area contributed by atoms with Gasteiger partial charge in [0, 0.05) is 0 Å². The highest BCUT2D eigenvalue weighted by molar-refractivity contribution is 6.45. The number of carbonyl (C=O) groups is 2. The average molecular weight is 179 g/mol. The summed E-state index contributed by atoms with van der Waals surface area (Å²) in [6.45, 7) is 2.93. The number of rotatable bonds is 3. The largest absolute Gasteiger partial charge is 0.467 e. The van der Waals surface area contributed by atoms with Crippen molar-refractivity contribution >= 4 is 23.4 Å². The van der Waals surface area contributed by atoms with Crippen molar-refractivity contribution in [1.82, 2.24) is 0 Å². The Bertz CT molecular complexity index is 179. The van der Waals surface area contributed by atoms with Crippen LogP contribution in [-0.2, 0) is 14.3 Å². The van der Waals surface area contributed by atoms with Crippen molar-refractivity contribution in [3.63, 3.8) is 0 Å². The number of alkyl halides is 1. The highest BCUT2D eigenvalue weighted by atomic mass is 35.5. The first-order valence-corrected chi connectivity index (χ1v) is 3.65. The summed E-state index contributed by atoms with van der Waals surface area (Å²) < 4.78 is 4.38. The summed E-state index contributed by atoms with van der Waals surface area (Å²) in [4.78, 5) is 20.3. The molecule has 0 rings (SSSR count). The van der Waals surface area contributed by atoms with Crippen LogP contribution in [-0.4, -0.2) is 23.7 Å². The lowest BCUT2D eigenvalue weighted by atomic mass is 10.0. The molecule has 0 fully saturated rings. The first-order valence-electron chi connectivity index (χ1n) is 3.27. The molecule has 1 atom stereocenters. The van der Waals surface area contributed by atoms with E-state index < -0.39 is 10.8 Å². The third-order valence-corrected chi connectivity index (χ3v) is 2.24. The number of Topliss-reactive ketones (excluding diaryl/α,β-unsaturated/α-hetero) is 1. The first-order chi connectivity index (χ1) is 4.99. The van der Waals surface area contributed by atoms with E-state index in [1.54, 1.807) is 6.92 Å². The summed E-state index contributed by atoms with van der Waals surface area (Å²) in [5.41, 5.74) is 0. The Kier molecular flexibility index (Phi) is 3.52. The van der Waals surface area contributed by atoms with Crippen molar-refractivity contribution in [3.05, 3.63) is 0 Å². The molecule has 0 aromatic heterocycles. The number of esters is 1. The van der Waals surface area contributed by atoms with Gasteiger partial charge in [-0.2, -0.15) is 0 Å². The normalized spacial score (nSPS) is 15.3.